The first-order valence-electron chi connectivity index (χ1n) is 10.5. The Morgan fingerprint density at radius 3 is 2.25 bits per heavy atom. The summed E-state index contributed by atoms with van der Waals surface area (Å²) in [6.45, 7) is 4.57. The Kier molecular flexibility index (Phi) is 7.87. The van der Waals surface area contributed by atoms with Crippen molar-refractivity contribution in [3.63, 3.8) is 0 Å². The summed E-state index contributed by atoms with van der Waals surface area (Å²) in [5.41, 5.74) is -0.0863. The van der Waals surface area contributed by atoms with Crippen molar-refractivity contribution in [2.75, 3.05) is 38.0 Å². The molecule has 1 atom stereocenters. The van der Waals surface area contributed by atoms with E-state index in [-0.39, 0.29) is 24.2 Å². The SMILES string of the molecule is C[C@H](C(=O)NCc1ccccc1)N1CCN(CC(=O)Nc2ccccc2C(F)(F)F)CC1. The molecule has 1 aliphatic rings. The zero-order valence-electron chi connectivity index (χ0n) is 17.9. The number of hydrogen-bond donors (Lipinski definition) is 2. The third kappa shape index (κ3) is 6.54. The van der Waals surface area contributed by atoms with Crippen molar-refractivity contribution in [3.05, 3.63) is 65.7 Å². The first kappa shape index (κ1) is 23.7. The van der Waals surface area contributed by atoms with Gasteiger partial charge in [-0.15, -0.1) is 0 Å². The van der Waals surface area contributed by atoms with Crippen LogP contribution < -0.4 is 10.6 Å². The number of anilines is 1. The highest BCUT2D eigenvalue weighted by Crippen LogP contribution is 2.34. The highest BCUT2D eigenvalue weighted by molar-refractivity contribution is 5.93. The van der Waals surface area contributed by atoms with Gasteiger partial charge in [-0.1, -0.05) is 42.5 Å². The Hall–Kier alpha value is -2.91. The number of carbonyl (C=O) groups excluding carboxylic acids is 2. The van der Waals surface area contributed by atoms with E-state index in [4.69, 9.17) is 0 Å². The smallest absolute Gasteiger partial charge is 0.351 e. The number of carbonyl (C=O) groups is 2. The van der Waals surface area contributed by atoms with Crippen LogP contribution in [0.15, 0.2) is 54.6 Å². The average molecular weight is 448 g/mol. The number of alkyl halides is 3. The van der Waals surface area contributed by atoms with E-state index in [9.17, 15) is 22.8 Å². The van der Waals surface area contributed by atoms with Crippen LogP contribution in [0.5, 0.6) is 0 Å². The van der Waals surface area contributed by atoms with Crippen LogP contribution in [-0.4, -0.2) is 60.4 Å². The molecule has 1 fully saturated rings. The van der Waals surface area contributed by atoms with Gasteiger partial charge in [0, 0.05) is 32.7 Å². The van der Waals surface area contributed by atoms with E-state index in [2.05, 4.69) is 10.6 Å². The van der Waals surface area contributed by atoms with Crippen LogP contribution in [0, 0.1) is 0 Å². The van der Waals surface area contributed by atoms with Gasteiger partial charge in [0.05, 0.1) is 23.8 Å². The van der Waals surface area contributed by atoms with Crippen LogP contribution in [0.2, 0.25) is 0 Å². The minimum atomic E-state index is -4.53. The number of benzene rings is 2. The first-order chi connectivity index (χ1) is 15.2. The molecule has 6 nitrogen and oxygen atoms in total. The van der Waals surface area contributed by atoms with Gasteiger partial charge >= 0.3 is 6.18 Å². The van der Waals surface area contributed by atoms with Crippen LogP contribution in [-0.2, 0) is 22.3 Å². The third-order valence-corrected chi connectivity index (χ3v) is 5.52. The zero-order valence-corrected chi connectivity index (χ0v) is 17.9. The normalized spacial score (nSPS) is 16.4. The molecule has 3 rings (SSSR count). The highest BCUT2D eigenvalue weighted by atomic mass is 19.4. The fourth-order valence-corrected chi connectivity index (χ4v) is 3.64. The maximum atomic E-state index is 13.1. The summed E-state index contributed by atoms with van der Waals surface area (Å²) in [7, 11) is 0. The predicted molar refractivity (Wildman–Crippen MR) is 116 cm³/mol. The Bertz CT molecular complexity index is 913. The van der Waals surface area contributed by atoms with Crippen LogP contribution >= 0.6 is 0 Å². The Balaban J connectivity index is 1.44. The summed E-state index contributed by atoms with van der Waals surface area (Å²) in [5.74, 6) is -0.562. The van der Waals surface area contributed by atoms with Gasteiger partial charge in [-0.25, -0.2) is 0 Å². The molecule has 0 spiro atoms. The van der Waals surface area contributed by atoms with Crippen molar-refractivity contribution in [2.24, 2.45) is 0 Å². The molecule has 2 aromatic carbocycles. The molecule has 0 aliphatic carbocycles. The number of hydrogen-bond acceptors (Lipinski definition) is 4. The number of rotatable bonds is 7. The largest absolute Gasteiger partial charge is 0.418 e. The van der Waals surface area contributed by atoms with E-state index < -0.39 is 17.6 Å². The summed E-state index contributed by atoms with van der Waals surface area (Å²) in [6, 6.07) is 14.3. The van der Waals surface area contributed by atoms with E-state index >= 15 is 0 Å². The molecule has 2 N–H and O–H groups in total. The Morgan fingerprint density at radius 1 is 0.969 bits per heavy atom. The lowest BCUT2D eigenvalue weighted by Gasteiger charge is -2.37. The number of amides is 2. The second-order valence-corrected chi connectivity index (χ2v) is 7.78. The van der Waals surface area contributed by atoms with Gasteiger partial charge < -0.3 is 10.6 Å². The standard InChI is InChI=1S/C23H27F3N4O2/c1-17(22(32)27-15-18-7-3-2-4-8-18)30-13-11-29(12-14-30)16-21(31)28-20-10-6-5-9-19(20)23(24,25)26/h2-10,17H,11-16H2,1H3,(H,27,32)(H,28,31)/t17-/m1/s1. The quantitative estimate of drug-likeness (QED) is 0.684. The topological polar surface area (TPSA) is 64.7 Å². The fraction of sp³-hybridized carbons (Fsp3) is 0.391. The molecule has 0 radical (unpaired) electrons. The lowest BCUT2D eigenvalue weighted by atomic mass is 10.1. The van der Waals surface area contributed by atoms with Crippen LogP contribution in [0.1, 0.15) is 18.1 Å². The summed E-state index contributed by atoms with van der Waals surface area (Å²) in [6.07, 6.45) is -4.53. The average Bonchev–Trinajstić information content (AvgIpc) is 2.78. The molecular formula is C23H27F3N4O2. The van der Waals surface area contributed by atoms with Crippen molar-refractivity contribution in [2.45, 2.75) is 25.7 Å². The number of para-hydroxylation sites is 1. The van der Waals surface area contributed by atoms with Gasteiger partial charge in [-0.2, -0.15) is 13.2 Å². The maximum Gasteiger partial charge on any atom is 0.418 e. The van der Waals surface area contributed by atoms with Crippen LogP contribution in [0.25, 0.3) is 0 Å². The van der Waals surface area contributed by atoms with Crippen molar-refractivity contribution in [3.8, 4) is 0 Å². The summed E-state index contributed by atoms with van der Waals surface area (Å²) < 4.78 is 39.3. The molecule has 1 heterocycles. The third-order valence-electron chi connectivity index (χ3n) is 5.52. The van der Waals surface area contributed by atoms with Crippen molar-refractivity contribution >= 4 is 17.5 Å². The molecule has 1 aliphatic heterocycles. The van der Waals surface area contributed by atoms with Gasteiger partial charge in [0.1, 0.15) is 0 Å². The second kappa shape index (κ2) is 10.6. The fourth-order valence-electron chi connectivity index (χ4n) is 3.64. The molecule has 0 saturated carbocycles. The van der Waals surface area contributed by atoms with Gasteiger partial charge in [0.25, 0.3) is 0 Å². The molecule has 32 heavy (non-hydrogen) atoms. The maximum absolute atomic E-state index is 13.1. The van der Waals surface area contributed by atoms with E-state index in [1.807, 2.05) is 47.1 Å². The highest BCUT2D eigenvalue weighted by Gasteiger charge is 2.34. The second-order valence-electron chi connectivity index (χ2n) is 7.78. The van der Waals surface area contributed by atoms with E-state index in [1.165, 1.54) is 18.2 Å². The minimum Gasteiger partial charge on any atom is -0.351 e. The summed E-state index contributed by atoms with van der Waals surface area (Å²) >= 11 is 0. The van der Waals surface area contributed by atoms with Crippen molar-refractivity contribution < 1.29 is 22.8 Å². The molecular weight excluding hydrogens is 421 g/mol. The lowest BCUT2D eigenvalue weighted by molar-refractivity contribution is -0.137. The van der Waals surface area contributed by atoms with Gasteiger partial charge in [0.2, 0.25) is 11.8 Å². The molecule has 2 amide bonds. The molecule has 2 aromatic rings. The van der Waals surface area contributed by atoms with E-state index in [0.717, 1.165) is 11.6 Å². The van der Waals surface area contributed by atoms with Crippen molar-refractivity contribution in [1.29, 1.82) is 0 Å². The zero-order chi connectivity index (χ0) is 23.1. The van der Waals surface area contributed by atoms with E-state index in [0.29, 0.717) is 32.7 Å². The first-order valence-corrected chi connectivity index (χ1v) is 10.5. The Labute approximate surface area is 185 Å². The van der Waals surface area contributed by atoms with Crippen LogP contribution in [0.4, 0.5) is 18.9 Å². The van der Waals surface area contributed by atoms with Gasteiger partial charge in [0.15, 0.2) is 0 Å². The molecule has 0 bridgehead atoms. The molecule has 0 unspecified atom stereocenters. The number of piperazine rings is 1. The van der Waals surface area contributed by atoms with Crippen LogP contribution in [0.3, 0.4) is 0 Å². The number of nitrogens with zero attached hydrogens (tertiary/aromatic N) is 2. The summed E-state index contributed by atoms with van der Waals surface area (Å²) in [5, 5.41) is 5.30. The van der Waals surface area contributed by atoms with E-state index in [1.54, 1.807) is 0 Å². The lowest BCUT2D eigenvalue weighted by Crippen LogP contribution is -2.54. The number of halogens is 3. The predicted octanol–water partition coefficient (Wildman–Crippen LogP) is 2.97. The minimum absolute atomic E-state index is 0.00534. The monoisotopic (exact) mass is 448 g/mol. The number of nitrogens with one attached hydrogen (secondary N) is 2. The van der Waals surface area contributed by atoms with Crippen molar-refractivity contribution in [1.82, 2.24) is 15.1 Å². The summed E-state index contributed by atoms with van der Waals surface area (Å²) in [4.78, 5) is 28.7. The van der Waals surface area contributed by atoms with Gasteiger partial charge in [-0.05, 0) is 24.6 Å². The molecule has 9 heteroatoms. The molecule has 0 aromatic heterocycles. The Morgan fingerprint density at radius 2 is 1.59 bits per heavy atom. The molecule has 1 saturated heterocycles. The van der Waals surface area contributed by atoms with Gasteiger partial charge in [-0.3, -0.25) is 19.4 Å². The molecule has 172 valence electrons.